The summed E-state index contributed by atoms with van der Waals surface area (Å²) in [5, 5.41) is 0.570. The summed E-state index contributed by atoms with van der Waals surface area (Å²) in [6.45, 7) is 2.74. The Morgan fingerprint density at radius 2 is 1.82 bits per heavy atom. The van der Waals surface area contributed by atoms with Crippen LogP contribution in [0.25, 0.3) is 11.1 Å². The zero-order chi connectivity index (χ0) is 26.6. The van der Waals surface area contributed by atoms with Crippen molar-refractivity contribution in [1.82, 2.24) is 0 Å². The molecule has 0 bridgehead atoms. The van der Waals surface area contributed by atoms with E-state index in [0.29, 0.717) is 40.6 Å². The predicted molar refractivity (Wildman–Crippen MR) is 147 cm³/mol. The number of amides is 1. The van der Waals surface area contributed by atoms with Crippen LogP contribution in [0.15, 0.2) is 60.7 Å². The average molecular weight is 534 g/mol. The van der Waals surface area contributed by atoms with Crippen molar-refractivity contribution in [3.8, 4) is 5.75 Å². The molecule has 0 unspecified atom stereocenters. The Kier molecular flexibility index (Phi) is 7.79. The van der Waals surface area contributed by atoms with Crippen molar-refractivity contribution in [1.29, 1.82) is 0 Å². The normalized spacial score (nSPS) is 15.3. The lowest BCUT2D eigenvalue weighted by Gasteiger charge is -2.20. The number of ether oxygens (including phenoxy) is 2. The number of hydrogen-bond acceptors (Lipinski definition) is 4. The average Bonchev–Trinajstić information content (AvgIpc) is 3.58. The van der Waals surface area contributed by atoms with Crippen LogP contribution in [0.2, 0.25) is 5.02 Å². The van der Waals surface area contributed by atoms with Crippen molar-refractivity contribution >= 4 is 40.3 Å². The quantitative estimate of drug-likeness (QED) is 0.282. The maximum atomic E-state index is 14.2. The second-order valence-corrected chi connectivity index (χ2v) is 9.91. The molecule has 5 rings (SSSR count). The van der Waals surface area contributed by atoms with Gasteiger partial charge in [0.15, 0.2) is 0 Å². The summed E-state index contributed by atoms with van der Waals surface area (Å²) in [5.74, 6) is -0.0672. The van der Waals surface area contributed by atoms with Gasteiger partial charge < -0.3 is 14.4 Å². The van der Waals surface area contributed by atoms with Gasteiger partial charge in [-0.05, 0) is 91.8 Å². The first-order chi connectivity index (χ1) is 18.4. The SMILES string of the molecule is CCOC(=O)c1cc(C2=C(c3cc(Cl)ccc3OCc3ccccc3F)CCC2)cc(N2CCCC2=O)c1. The van der Waals surface area contributed by atoms with Gasteiger partial charge in [-0.25, -0.2) is 9.18 Å². The zero-order valence-electron chi connectivity index (χ0n) is 21.3. The van der Waals surface area contributed by atoms with E-state index in [1.165, 1.54) is 6.07 Å². The summed E-state index contributed by atoms with van der Waals surface area (Å²) in [6, 6.07) is 17.6. The Labute approximate surface area is 226 Å². The number of rotatable bonds is 8. The lowest BCUT2D eigenvalue weighted by molar-refractivity contribution is -0.117. The first-order valence-corrected chi connectivity index (χ1v) is 13.3. The molecule has 1 amide bonds. The van der Waals surface area contributed by atoms with E-state index in [4.69, 9.17) is 21.1 Å². The number of anilines is 1. The number of carbonyl (C=O) groups excluding carboxylic acids is 2. The zero-order valence-corrected chi connectivity index (χ0v) is 22.0. The maximum absolute atomic E-state index is 14.2. The highest BCUT2D eigenvalue weighted by atomic mass is 35.5. The van der Waals surface area contributed by atoms with E-state index in [-0.39, 0.29) is 24.9 Å². The van der Waals surface area contributed by atoms with Gasteiger partial charge in [0.2, 0.25) is 5.91 Å². The molecule has 3 aromatic carbocycles. The van der Waals surface area contributed by atoms with Gasteiger partial charge in [0.1, 0.15) is 18.2 Å². The molecule has 1 heterocycles. The van der Waals surface area contributed by atoms with Gasteiger partial charge in [0, 0.05) is 34.8 Å². The van der Waals surface area contributed by atoms with Crippen LogP contribution in [0, 0.1) is 5.82 Å². The van der Waals surface area contributed by atoms with Crippen molar-refractivity contribution in [3.05, 3.63) is 93.8 Å². The minimum Gasteiger partial charge on any atom is -0.488 e. The largest absolute Gasteiger partial charge is 0.488 e. The number of allylic oxidation sites excluding steroid dienone is 2. The highest BCUT2D eigenvalue weighted by molar-refractivity contribution is 6.30. The standard InChI is InChI=1S/C31H29ClFNO4/c1-2-37-31(36)22-15-21(16-24(17-22)34-14-6-11-30(34)35)25-8-5-9-26(25)27-18-23(32)12-13-29(27)38-19-20-7-3-4-10-28(20)33/h3-4,7,10,12-13,15-18H,2,5-6,8-9,11,14,19H2,1H3. The van der Waals surface area contributed by atoms with Crippen LogP contribution in [-0.2, 0) is 16.1 Å². The molecule has 5 nitrogen and oxygen atoms in total. The number of carbonyl (C=O) groups is 2. The summed E-state index contributed by atoms with van der Waals surface area (Å²) in [6.07, 6.45) is 3.81. The molecule has 1 aliphatic heterocycles. The fourth-order valence-electron chi connectivity index (χ4n) is 5.19. The topological polar surface area (TPSA) is 55.8 Å². The van der Waals surface area contributed by atoms with Crippen LogP contribution in [0.1, 0.15) is 66.1 Å². The number of hydrogen-bond donors (Lipinski definition) is 0. The van der Waals surface area contributed by atoms with Gasteiger partial charge in [-0.2, -0.15) is 0 Å². The van der Waals surface area contributed by atoms with Gasteiger partial charge in [-0.1, -0.05) is 29.8 Å². The van der Waals surface area contributed by atoms with Crippen molar-refractivity contribution in [2.75, 3.05) is 18.1 Å². The molecule has 0 N–H and O–H groups in total. The Morgan fingerprint density at radius 3 is 2.58 bits per heavy atom. The monoisotopic (exact) mass is 533 g/mol. The van der Waals surface area contributed by atoms with Crippen molar-refractivity contribution in [3.63, 3.8) is 0 Å². The van der Waals surface area contributed by atoms with Crippen LogP contribution in [0.4, 0.5) is 10.1 Å². The van der Waals surface area contributed by atoms with Gasteiger partial charge in [-0.3, -0.25) is 4.79 Å². The summed E-state index contributed by atoms with van der Waals surface area (Å²) in [4.78, 5) is 27.0. The van der Waals surface area contributed by atoms with E-state index in [1.54, 1.807) is 42.2 Å². The molecule has 0 radical (unpaired) electrons. The van der Waals surface area contributed by atoms with Crippen molar-refractivity contribution < 1.29 is 23.5 Å². The summed E-state index contributed by atoms with van der Waals surface area (Å²) >= 11 is 6.42. The molecular formula is C31H29ClFNO4. The van der Waals surface area contributed by atoms with Crippen LogP contribution >= 0.6 is 11.6 Å². The molecule has 2 aliphatic rings. The smallest absolute Gasteiger partial charge is 0.338 e. The summed E-state index contributed by atoms with van der Waals surface area (Å²) in [7, 11) is 0. The molecular weight excluding hydrogens is 505 g/mol. The third kappa shape index (κ3) is 5.46. The van der Waals surface area contributed by atoms with Gasteiger partial charge in [0.25, 0.3) is 0 Å². The van der Waals surface area contributed by atoms with E-state index in [2.05, 4.69) is 0 Å². The summed E-state index contributed by atoms with van der Waals surface area (Å²) < 4.78 is 25.6. The fraction of sp³-hybridized carbons (Fsp3) is 0.290. The minimum atomic E-state index is -0.418. The number of nitrogens with zero attached hydrogens (tertiary/aromatic N) is 1. The number of esters is 1. The Bertz CT molecular complexity index is 1420. The van der Waals surface area contributed by atoms with Crippen molar-refractivity contribution in [2.45, 2.75) is 45.6 Å². The highest BCUT2D eigenvalue weighted by Gasteiger charge is 2.26. The molecule has 0 spiro atoms. The third-order valence-corrected chi connectivity index (χ3v) is 7.22. The number of halogens is 2. The molecule has 1 aliphatic carbocycles. The Balaban J connectivity index is 1.57. The molecule has 3 aromatic rings. The van der Waals surface area contributed by atoms with Crippen LogP contribution < -0.4 is 9.64 Å². The van der Waals surface area contributed by atoms with Crippen molar-refractivity contribution in [2.24, 2.45) is 0 Å². The molecule has 0 atom stereocenters. The predicted octanol–water partition coefficient (Wildman–Crippen LogP) is 7.46. The van der Waals surface area contributed by atoms with Gasteiger partial charge in [0.05, 0.1) is 12.2 Å². The molecule has 38 heavy (non-hydrogen) atoms. The molecule has 1 saturated heterocycles. The lowest BCUT2D eigenvalue weighted by atomic mass is 9.94. The summed E-state index contributed by atoms with van der Waals surface area (Å²) in [5.41, 5.74) is 5.45. The van der Waals surface area contributed by atoms with Gasteiger partial charge >= 0.3 is 5.97 Å². The first kappa shape index (κ1) is 26.0. The second kappa shape index (κ2) is 11.4. The molecule has 1 fully saturated rings. The lowest BCUT2D eigenvalue weighted by Crippen LogP contribution is -2.24. The van der Waals surface area contributed by atoms with Crippen LogP contribution in [-0.4, -0.2) is 25.0 Å². The molecule has 7 heteroatoms. The Hall–Kier alpha value is -3.64. The van der Waals surface area contributed by atoms with E-state index < -0.39 is 5.97 Å². The Morgan fingerprint density at radius 1 is 1.00 bits per heavy atom. The fourth-order valence-corrected chi connectivity index (χ4v) is 5.36. The first-order valence-electron chi connectivity index (χ1n) is 13.0. The molecule has 196 valence electrons. The van der Waals surface area contributed by atoms with E-state index >= 15 is 0 Å². The second-order valence-electron chi connectivity index (χ2n) is 9.47. The van der Waals surface area contributed by atoms with Crippen LogP contribution in [0.5, 0.6) is 5.75 Å². The number of benzene rings is 3. The van der Waals surface area contributed by atoms with Gasteiger partial charge in [-0.15, -0.1) is 0 Å². The van der Waals surface area contributed by atoms with E-state index in [0.717, 1.165) is 48.0 Å². The maximum Gasteiger partial charge on any atom is 0.338 e. The third-order valence-electron chi connectivity index (χ3n) is 6.99. The van der Waals surface area contributed by atoms with E-state index in [1.807, 2.05) is 24.3 Å². The molecule has 0 aromatic heterocycles. The molecule has 0 saturated carbocycles. The minimum absolute atomic E-state index is 0.0521. The van der Waals surface area contributed by atoms with Crippen LogP contribution in [0.3, 0.4) is 0 Å². The highest BCUT2D eigenvalue weighted by Crippen LogP contribution is 2.44. The van der Waals surface area contributed by atoms with E-state index in [9.17, 15) is 14.0 Å².